The van der Waals surface area contributed by atoms with Gasteiger partial charge in [0, 0.05) is 17.3 Å². The predicted octanol–water partition coefficient (Wildman–Crippen LogP) is 2.46. The standard InChI is InChI=1S/C14H12ClN3O3/c1-8-7-17(10-4-2-9(15)3-5-10)13(19)12-11(14(20)21)6-16-18(8)12/h2-6,8H,7H2,1H3,(H,20,21)/t8-/m0/s1. The molecule has 3 rings (SSSR count). The fraction of sp³-hybridized carbons (Fsp3) is 0.214. The minimum absolute atomic E-state index is 0.0782. The van der Waals surface area contributed by atoms with Crippen LogP contribution in [0.1, 0.15) is 33.8 Å². The molecule has 2 heterocycles. The number of rotatable bonds is 2. The molecule has 0 spiro atoms. The van der Waals surface area contributed by atoms with Crippen LogP contribution in [0.4, 0.5) is 5.69 Å². The minimum atomic E-state index is -1.16. The topological polar surface area (TPSA) is 75.4 Å². The van der Waals surface area contributed by atoms with Gasteiger partial charge in [-0.2, -0.15) is 5.10 Å². The second-order valence-corrected chi connectivity index (χ2v) is 5.33. The zero-order valence-electron chi connectivity index (χ0n) is 11.2. The van der Waals surface area contributed by atoms with E-state index in [-0.39, 0.29) is 23.2 Å². The lowest BCUT2D eigenvalue weighted by Crippen LogP contribution is -2.43. The van der Waals surface area contributed by atoms with Crippen LogP contribution in [0.5, 0.6) is 0 Å². The molecule has 0 saturated carbocycles. The van der Waals surface area contributed by atoms with E-state index >= 15 is 0 Å². The summed E-state index contributed by atoms with van der Waals surface area (Å²) in [6.07, 6.45) is 1.22. The van der Waals surface area contributed by atoms with E-state index in [1.54, 1.807) is 29.2 Å². The summed E-state index contributed by atoms with van der Waals surface area (Å²) in [7, 11) is 0. The summed E-state index contributed by atoms with van der Waals surface area (Å²) in [6.45, 7) is 2.31. The number of carbonyl (C=O) groups excluding carboxylic acids is 1. The Hall–Kier alpha value is -2.34. The maximum Gasteiger partial charge on any atom is 0.339 e. The minimum Gasteiger partial charge on any atom is -0.478 e. The van der Waals surface area contributed by atoms with Crippen LogP contribution in [-0.4, -0.2) is 33.3 Å². The van der Waals surface area contributed by atoms with Crippen molar-refractivity contribution in [3.8, 4) is 0 Å². The van der Waals surface area contributed by atoms with Gasteiger partial charge in [0.05, 0.1) is 12.2 Å². The number of nitrogens with zero attached hydrogens (tertiary/aromatic N) is 3. The van der Waals surface area contributed by atoms with Gasteiger partial charge in [-0.15, -0.1) is 0 Å². The summed E-state index contributed by atoms with van der Waals surface area (Å²) in [4.78, 5) is 25.4. The highest BCUT2D eigenvalue weighted by Gasteiger charge is 2.35. The normalized spacial score (nSPS) is 17.7. The van der Waals surface area contributed by atoms with Gasteiger partial charge in [0.25, 0.3) is 5.91 Å². The molecular formula is C14H12ClN3O3. The van der Waals surface area contributed by atoms with Crippen molar-refractivity contribution in [3.05, 3.63) is 46.7 Å². The number of carboxylic acids is 1. The Bertz CT molecular complexity index is 724. The van der Waals surface area contributed by atoms with Crippen molar-refractivity contribution in [1.82, 2.24) is 9.78 Å². The second kappa shape index (κ2) is 4.89. The lowest BCUT2D eigenvalue weighted by Gasteiger charge is -2.32. The van der Waals surface area contributed by atoms with E-state index < -0.39 is 5.97 Å². The third kappa shape index (κ3) is 2.17. The maximum absolute atomic E-state index is 12.6. The Morgan fingerprint density at radius 1 is 1.38 bits per heavy atom. The lowest BCUT2D eigenvalue weighted by molar-refractivity contribution is 0.0690. The molecule has 1 aliphatic rings. The first-order valence-corrected chi connectivity index (χ1v) is 6.75. The fourth-order valence-electron chi connectivity index (χ4n) is 2.46. The fourth-order valence-corrected chi connectivity index (χ4v) is 2.59. The number of aromatic carboxylic acids is 1. The molecule has 108 valence electrons. The van der Waals surface area contributed by atoms with Crippen LogP contribution in [0.25, 0.3) is 0 Å². The number of carboxylic acid groups (broad SMARTS) is 1. The van der Waals surface area contributed by atoms with Gasteiger partial charge in [0.15, 0.2) is 0 Å². The first kappa shape index (κ1) is 13.6. The Labute approximate surface area is 125 Å². The summed E-state index contributed by atoms with van der Waals surface area (Å²) >= 11 is 5.85. The Kier molecular flexibility index (Phi) is 3.17. The van der Waals surface area contributed by atoms with Crippen LogP contribution < -0.4 is 4.90 Å². The maximum atomic E-state index is 12.6. The zero-order valence-corrected chi connectivity index (χ0v) is 11.9. The summed E-state index contributed by atoms with van der Waals surface area (Å²) in [5.41, 5.74) is 0.710. The molecule has 1 atom stereocenters. The van der Waals surface area contributed by atoms with Gasteiger partial charge < -0.3 is 10.0 Å². The highest BCUT2D eigenvalue weighted by atomic mass is 35.5. The van der Waals surface area contributed by atoms with E-state index in [0.29, 0.717) is 17.3 Å². The molecular weight excluding hydrogens is 294 g/mol. The SMILES string of the molecule is C[C@H]1CN(c2ccc(Cl)cc2)C(=O)c2c(C(=O)O)cnn21. The molecule has 0 bridgehead atoms. The highest BCUT2D eigenvalue weighted by Crippen LogP contribution is 2.28. The van der Waals surface area contributed by atoms with E-state index in [9.17, 15) is 14.7 Å². The van der Waals surface area contributed by atoms with E-state index in [1.807, 2.05) is 6.92 Å². The van der Waals surface area contributed by atoms with Crippen LogP contribution in [0.15, 0.2) is 30.5 Å². The number of amides is 1. The molecule has 0 unspecified atom stereocenters. The second-order valence-electron chi connectivity index (χ2n) is 4.90. The van der Waals surface area contributed by atoms with Crippen LogP contribution in [0.3, 0.4) is 0 Å². The van der Waals surface area contributed by atoms with Gasteiger partial charge in [0.2, 0.25) is 0 Å². The Morgan fingerprint density at radius 2 is 2.05 bits per heavy atom. The number of aromatic nitrogens is 2. The van der Waals surface area contributed by atoms with Gasteiger partial charge in [-0.25, -0.2) is 4.79 Å². The zero-order chi connectivity index (χ0) is 15.1. The van der Waals surface area contributed by atoms with Crippen molar-refractivity contribution in [2.45, 2.75) is 13.0 Å². The van der Waals surface area contributed by atoms with Crippen molar-refractivity contribution in [2.24, 2.45) is 0 Å². The molecule has 1 amide bonds. The van der Waals surface area contributed by atoms with E-state index in [2.05, 4.69) is 5.10 Å². The molecule has 2 aromatic rings. The van der Waals surface area contributed by atoms with E-state index in [0.717, 1.165) is 0 Å². The van der Waals surface area contributed by atoms with E-state index in [4.69, 9.17) is 11.6 Å². The van der Waals surface area contributed by atoms with Crippen LogP contribution in [-0.2, 0) is 0 Å². The van der Waals surface area contributed by atoms with E-state index in [1.165, 1.54) is 10.9 Å². The average Bonchev–Trinajstić information content (AvgIpc) is 2.90. The van der Waals surface area contributed by atoms with Crippen LogP contribution in [0.2, 0.25) is 5.02 Å². The summed E-state index contributed by atoms with van der Waals surface area (Å²) in [6, 6.07) is 6.75. The lowest BCUT2D eigenvalue weighted by atomic mass is 10.1. The Balaban J connectivity index is 2.07. The first-order valence-electron chi connectivity index (χ1n) is 6.37. The summed E-state index contributed by atoms with van der Waals surface area (Å²) in [5, 5.41) is 13.8. The average molecular weight is 306 g/mol. The predicted molar refractivity (Wildman–Crippen MR) is 77.0 cm³/mol. The molecule has 1 aliphatic heterocycles. The van der Waals surface area contributed by atoms with Crippen LogP contribution in [0, 0.1) is 0 Å². The number of carbonyl (C=O) groups is 2. The van der Waals surface area contributed by atoms with Crippen molar-refractivity contribution in [2.75, 3.05) is 11.4 Å². The quantitative estimate of drug-likeness (QED) is 0.924. The number of hydrogen-bond acceptors (Lipinski definition) is 3. The Morgan fingerprint density at radius 3 is 2.67 bits per heavy atom. The molecule has 6 nitrogen and oxygen atoms in total. The number of hydrogen-bond donors (Lipinski definition) is 1. The third-order valence-electron chi connectivity index (χ3n) is 3.48. The number of halogens is 1. The van der Waals surface area contributed by atoms with Crippen molar-refractivity contribution >= 4 is 29.2 Å². The first-order chi connectivity index (χ1) is 9.99. The molecule has 0 aliphatic carbocycles. The largest absolute Gasteiger partial charge is 0.478 e. The van der Waals surface area contributed by atoms with Gasteiger partial charge in [-0.3, -0.25) is 9.48 Å². The summed E-state index contributed by atoms with van der Waals surface area (Å²) in [5.74, 6) is -1.53. The molecule has 0 radical (unpaired) electrons. The summed E-state index contributed by atoms with van der Waals surface area (Å²) < 4.78 is 1.47. The molecule has 1 aromatic heterocycles. The molecule has 0 saturated heterocycles. The smallest absolute Gasteiger partial charge is 0.339 e. The molecule has 7 heteroatoms. The van der Waals surface area contributed by atoms with Gasteiger partial charge >= 0.3 is 5.97 Å². The van der Waals surface area contributed by atoms with Crippen molar-refractivity contribution in [1.29, 1.82) is 0 Å². The molecule has 21 heavy (non-hydrogen) atoms. The monoisotopic (exact) mass is 305 g/mol. The van der Waals surface area contributed by atoms with Gasteiger partial charge in [-0.05, 0) is 31.2 Å². The van der Waals surface area contributed by atoms with Gasteiger partial charge in [0.1, 0.15) is 11.3 Å². The molecule has 0 fully saturated rings. The molecule has 1 N–H and O–H groups in total. The number of fused-ring (bicyclic) bond motifs is 1. The number of anilines is 1. The van der Waals surface area contributed by atoms with Crippen LogP contribution >= 0.6 is 11.6 Å². The van der Waals surface area contributed by atoms with Crippen molar-refractivity contribution < 1.29 is 14.7 Å². The van der Waals surface area contributed by atoms with Gasteiger partial charge in [-0.1, -0.05) is 11.6 Å². The molecule has 1 aromatic carbocycles. The number of benzene rings is 1. The third-order valence-corrected chi connectivity index (χ3v) is 3.73. The van der Waals surface area contributed by atoms with Crippen molar-refractivity contribution in [3.63, 3.8) is 0 Å². The highest BCUT2D eigenvalue weighted by molar-refractivity contribution is 6.30.